The Labute approximate surface area is 161 Å². The molecule has 2 heterocycles. The van der Waals surface area contributed by atoms with Gasteiger partial charge in [-0.25, -0.2) is 9.67 Å². The zero-order valence-electron chi connectivity index (χ0n) is 15.2. The van der Waals surface area contributed by atoms with Gasteiger partial charge in [0.15, 0.2) is 0 Å². The number of nitrogens with one attached hydrogen (secondary N) is 1. The summed E-state index contributed by atoms with van der Waals surface area (Å²) in [7, 11) is 1.78. The molecule has 7 nitrogen and oxygen atoms in total. The minimum Gasteiger partial charge on any atom is -0.351 e. The summed E-state index contributed by atoms with van der Waals surface area (Å²) < 4.78 is 1.68. The molecule has 8 heteroatoms. The van der Waals surface area contributed by atoms with Crippen molar-refractivity contribution in [2.75, 3.05) is 13.6 Å². The highest BCUT2D eigenvalue weighted by Crippen LogP contribution is 2.20. The highest BCUT2D eigenvalue weighted by molar-refractivity contribution is 7.12. The lowest BCUT2D eigenvalue weighted by Gasteiger charge is -2.25. The Morgan fingerprint density at radius 2 is 2.04 bits per heavy atom. The first-order valence-corrected chi connectivity index (χ1v) is 9.46. The number of carbonyl (C=O) groups excluding carboxylic acids is 2. The second-order valence-corrected chi connectivity index (χ2v) is 7.04. The number of nitrogens with zero attached hydrogens (tertiary/aromatic N) is 4. The first-order chi connectivity index (χ1) is 13.1. The van der Waals surface area contributed by atoms with E-state index in [0.29, 0.717) is 11.4 Å². The van der Waals surface area contributed by atoms with Gasteiger partial charge in [0.1, 0.15) is 12.7 Å². The van der Waals surface area contributed by atoms with Crippen molar-refractivity contribution < 1.29 is 9.59 Å². The fourth-order valence-corrected chi connectivity index (χ4v) is 3.28. The number of rotatable bonds is 7. The molecule has 1 aromatic carbocycles. The first-order valence-electron chi connectivity index (χ1n) is 8.58. The molecule has 3 aromatic rings. The van der Waals surface area contributed by atoms with E-state index in [0.717, 1.165) is 11.3 Å². The Balaban J connectivity index is 1.52. The Morgan fingerprint density at radius 1 is 1.26 bits per heavy atom. The van der Waals surface area contributed by atoms with Gasteiger partial charge in [-0.1, -0.05) is 18.2 Å². The van der Waals surface area contributed by atoms with Crippen LogP contribution in [-0.2, 0) is 4.79 Å². The van der Waals surface area contributed by atoms with Gasteiger partial charge in [0, 0.05) is 20.0 Å². The predicted octanol–water partition coefficient (Wildman–Crippen LogP) is 2.67. The standard InChI is InChI=1S/C19H21N5O2S/c1-14(15-5-7-16(8-6-15)24-13-20-12-22-24)23(2)18(25)9-10-21-19(26)17-4-3-11-27-17/h3-8,11-14H,9-10H2,1-2H3,(H,21,26). The van der Waals surface area contributed by atoms with Crippen LogP contribution >= 0.6 is 11.3 Å². The summed E-state index contributed by atoms with van der Waals surface area (Å²) in [5.74, 6) is -0.161. The minimum atomic E-state index is -0.141. The van der Waals surface area contributed by atoms with E-state index >= 15 is 0 Å². The molecule has 140 valence electrons. The predicted molar refractivity (Wildman–Crippen MR) is 104 cm³/mol. The molecule has 0 fully saturated rings. The molecule has 1 N–H and O–H groups in total. The van der Waals surface area contributed by atoms with Crippen LogP contribution in [0.15, 0.2) is 54.4 Å². The molecule has 3 rings (SSSR count). The molecule has 0 radical (unpaired) electrons. The van der Waals surface area contributed by atoms with Crippen LogP contribution < -0.4 is 5.32 Å². The van der Waals surface area contributed by atoms with Gasteiger partial charge in [-0.2, -0.15) is 5.10 Å². The number of aromatic nitrogens is 3. The minimum absolute atomic E-state index is 0.0191. The molecule has 27 heavy (non-hydrogen) atoms. The van der Waals surface area contributed by atoms with Crippen molar-refractivity contribution in [3.05, 3.63) is 64.9 Å². The molecule has 1 unspecified atom stereocenters. The molecule has 0 spiro atoms. The van der Waals surface area contributed by atoms with Crippen LogP contribution in [0.3, 0.4) is 0 Å². The lowest BCUT2D eigenvalue weighted by Crippen LogP contribution is -2.33. The summed E-state index contributed by atoms with van der Waals surface area (Å²) in [6.07, 6.45) is 3.38. The SMILES string of the molecule is CC(c1ccc(-n2cncn2)cc1)N(C)C(=O)CCNC(=O)c1cccs1. The largest absolute Gasteiger partial charge is 0.351 e. The number of thiophene rings is 1. The average molecular weight is 383 g/mol. The normalized spacial score (nSPS) is 11.8. The number of hydrogen-bond donors (Lipinski definition) is 1. The monoisotopic (exact) mass is 383 g/mol. The van der Waals surface area contributed by atoms with Crippen LogP contribution in [0.1, 0.15) is 34.6 Å². The van der Waals surface area contributed by atoms with Gasteiger partial charge in [0.05, 0.1) is 16.6 Å². The number of amides is 2. The van der Waals surface area contributed by atoms with Crippen molar-refractivity contribution in [3.8, 4) is 5.69 Å². The van der Waals surface area contributed by atoms with Crippen LogP contribution in [0.4, 0.5) is 0 Å². The third kappa shape index (κ3) is 4.59. The summed E-state index contributed by atoms with van der Waals surface area (Å²) in [6, 6.07) is 11.4. The van der Waals surface area contributed by atoms with E-state index < -0.39 is 0 Å². The van der Waals surface area contributed by atoms with Gasteiger partial charge in [-0.15, -0.1) is 11.3 Å². The molecule has 0 bridgehead atoms. The molecule has 0 aliphatic rings. The molecule has 2 aromatic heterocycles. The van der Waals surface area contributed by atoms with Crippen LogP contribution in [0.2, 0.25) is 0 Å². The van der Waals surface area contributed by atoms with Crippen molar-refractivity contribution in [1.29, 1.82) is 0 Å². The lowest BCUT2D eigenvalue weighted by atomic mass is 10.1. The summed E-state index contributed by atoms with van der Waals surface area (Å²) >= 11 is 1.38. The van der Waals surface area contributed by atoms with E-state index in [1.807, 2.05) is 42.6 Å². The molecular formula is C19H21N5O2S. The number of benzene rings is 1. The summed E-state index contributed by atoms with van der Waals surface area (Å²) in [4.78, 5) is 30.6. The smallest absolute Gasteiger partial charge is 0.261 e. The van der Waals surface area contributed by atoms with Crippen LogP contribution in [0, 0.1) is 0 Å². The maximum atomic E-state index is 12.4. The quantitative estimate of drug-likeness (QED) is 0.680. The van der Waals surface area contributed by atoms with Gasteiger partial charge < -0.3 is 10.2 Å². The van der Waals surface area contributed by atoms with Gasteiger partial charge in [-0.3, -0.25) is 9.59 Å². The fourth-order valence-electron chi connectivity index (χ4n) is 2.64. The van der Waals surface area contributed by atoms with E-state index in [4.69, 9.17) is 0 Å². The Hall–Kier alpha value is -3.00. The molecule has 0 saturated carbocycles. The first kappa shape index (κ1) is 18.8. The number of carbonyl (C=O) groups is 2. The average Bonchev–Trinajstić information content (AvgIpc) is 3.40. The van der Waals surface area contributed by atoms with Crippen LogP contribution in [0.25, 0.3) is 5.69 Å². The summed E-state index contributed by atoms with van der Waals surface area (Å²) in [6.45, 7) is 2.30. The molecule has 0 aliphatic heterocycles. The fraction of sp³-hybridized carbons (Fsp3) is 0.263. The third-order valence-electron chi connectivity index (χ3n) is 4.40. The summed E-state index contributed by atoms with van der Waals surface area (Å²) in [5.41, 5.74) is 1.94. The molecule has 0 saturated heterocycles. The third-order valence-corrected chi connectivity index (χ3v) is 5.27. The zero-order chi connectivity index (χ0) is 19.2. The Kier molecular flexibility index (Phi) is 5.97. The Bertz CT molecular complexity index is 875. The molecule has 1 atom stereocenters. The molecule has 0 aliphatic carbocycles. The van der Waals surface area contributed by atoms with E-state index in [1.54, 1.807) is 29.0 Å². The highest BCUT2D eigenvalue weighted by atomic mass is 32.1. The van der Waals surface area contributed by atoms with Crippen molar-refractivity contribution in [3.63, 3.8) is 0 Å². The van der Waals surface area contributed by atoms with E-state index in [9.17, 15) is 9.59 Å². The van der Waals surface area contributed by atoms with E-state index in [1.165, 1.54) is 17.7 Å². The van der Waals surface area contributed by atoms with Gasteiger partial charge >= 0.3 is 0 Å². The maximum absolute atomic E-state index is 12.4. The van der Waals surface area contributed by atoms with E-state index in [2.05, 4.69) is 15.4 Å². The van der Waals surface area contributed by atoms with Gasteiger partial charge in [0.25, 0.3) is 5.91 Å². The van der Waals surface area contributed by atoms with Crippen molar-refractivity contribution in [1.82, 2.24) is 25.0 Å². The highest BCUT2D eigenvalue weighted by Gasteiger charge is 2.17. The zero-order valence-corrected chi connectivity index (χ0v) is 16.0. The second kappa shape index (κ2) is 8.59. The lowest BCUT2D eigenvalue weighted by molar-refractivity contribution is -0.131. The maximum Gasteiger partial charge on any atom is 0.261 e. The van der Waals surface area contributed by atoms with Crippen molar-refractivity contribution >= 4 is 23.2 Å². The molecule has 2 amide bonds. The van der Waals surface area contributed by atoms with Crippen LogP contribution in [-0.4, -0.2) is 45.1 Å². The topological polar surface area (TPSA) is 80.1 Å². The van der Waals surface area contributed by atoms with Crippen LogP contribution in [0.5, 0.6) is 0 Å². The van der Waals surface area contributed by atoms with Gasteiger partial charge in [-0.05, 0) is 36.1 Å². The second-order valence-electron chi connectivity index (χ2n) is 6.10. The van der Waals surface area contributed by atoms with E-state index in [-0.39, 0.29) is 24.3 Å². The van der Waals surface area contributed by atoms with Crippen molar-refractivity contribution in [2.24, 2.45) is 0 Å². The summed E-state index contributed by atoms with van der Waals surface area (Å²) in [5, 5.41) is 8.73. The Morgan fingerprint density at radius 3 is 2.67 bits per heavy atom. The van der Waals surface area contributed by atoms with Gasteiger partial charge in [0.2, 0.25) is 5.91 Å². The van der Waals surface area contributed by atoms with Crippen molar-refractivity contribution in [2.45, 2.75) is 19.4 Å². The molecular weight excluding hydrogens is 362 g/mol. The number of hydrogen-bond acceptors (Lipinski definition) is 5.